The Morgan fingerprint density at radius 2 is 2.28 bits per heavy atom. The minimum Gasteiger partial charge on any atom is -0.493 e. The molecule has 2 N–H and O–H groups in total. The second kappa shape index (κ2) is 6.52. The highest BCUT2D eigenvalue weighted by Gasteiger charge is 2.44. The summed E-state index contributed by atoms with van der Waals surface area (Å²) in [5.41, 5.74) is 4.79. The van der Waals surface area contributed by atoms with E-state index >= 15 is 0 Å². The Morgan fingerprint density at radius 1 is 1.40 bits per heavy atom. The highest BCUT2D eigenvalue weighted by atomic mass is 32.1. The van der Waals surface area contributed by atoms with Gasteiger partial charge >= 0.3 is 0 Å². The van der Waals surface area contributed by atoms with Crippen molar-refractivity contribution in [2.45, 2.75) is 32.7 Å². The summed E-state index contributed by atoms with van der Waals surface area (Å²) in [6.07, 6.45) is 2.79. The highest BCUT2D eigenvalue weighted by molar-refractivity contribution is 7.07. The van der Waals surface area contributed by atoms with Crippen LogP contribution in [0.1, 0.15) is 31.2 Å². The van der Waals surface area contributed by atoms with Crippen molar-refractivity contribution in [2.24, 2.45) is 5.41 Å². The van der Waals surface area contributed by atoms with Gasteiger partial charge in [-0.05, 0) is 36.4 Å². The van der Waals surface area contributed by atoms with E-state index in [1.807, 2.05) is 36.0 Å². The number of carbonyl (C=O) groups excluding carboxylic acids is 1. The Balaban J connectivity index is 1.36. The number of ether oxygens (including phenoxy) is 1. The maximum absolute atomic E-state index is 12.0. The molecular weight excluding hydrogens is 334 g/mol. The van der Waals surface area contributed by atoms with Crippen LogP contribution < -0.4 is 10.1 Å². The second-order valence-electron chi connectivity index (χ2n) is 6.87. The van der Waals surface area contributed by atoms with Gasteiger partial charge in [0.25, 0.3) is 0 Å². The number of hydrogen-bond acceptors (Lipinski definition) is 4. The van der Waals surface area contributed by atoms with E-state index in [2.05, 4.69) is 21.4 Å². The Morgan fingerprint density at radius 3 is 3.04 bits per heavy atom. The molecule has 2 aromatic heterocycles. The van der Waals surface area contributed by atoms with Crippen LogP contribution in [-0.2, 0) is 17.8 Å². The van der Waals surface area contributed by atoms with E-state index in [4.69, 9.17) is 4.74 Å². The molecule has 1 aliphatic rings. The molecule has 1 amide bonds. The topological polar surface area (TPSA) is 67.0 Å². The van der Waals surface area contributed by atoms with Crippen LogP contribution in [0.3, 0.4) is 0 Å². The number of nitrogens with one attached hydrogen (secondary N) is 2. The molecule has 6 heteroatoms. The fourth-order valence-corrected chi connectivity index (χ4v) is 3.38. The van der Waals surface area contributed by atoms with Crippen molar-refractivity contribution < 1.29 is 9.53 Å². The van der Waals surface area contributed by atoms with Crippen LogP contribution in [0.4, 0.5) is 0 Å². The molecule has 0 aliphatic heterocycles. The van der Waals surface area contributed by atoms with Gasteiger partial charge in [0.2, 0.25) is 5.91 Å². The molecule has 25 heavy (non-hydrogen) atoms. The number of amides is 1. The fourth-order valence-electron chi connectivity index (χ4n) is 2.79. The van der Waals surface area contributed by atoms with Gasteiger partial charge in [-0.3, -0.25) is 4.79 Å². The van der Waals surface area contributed by atoms with Gasteiger partial charge < -0.3 is 15.0 Å². The van der Waals surface area contributed by atoms with Crippen LogP contribution >= 0.6 is 11.3 Å². The maximum atomic E-state index is 12.0. The summed E-state index contributed by atoms with van der Waals surface area (Å²) in [4.78, 5) is 19.7. The van der Waals surface area contributed by atoms with E-state index < -0.39 is 0 Å². The summed E-state index contributed by atoms with van der Waals surface area (Å²) in [5.74, 6) is 0.989. The first-order chi connectivity index (χ1) is 12.1. The smallest absolute Gasteiger partial charge is 0.226 e. The van der Waals surface area contributed by atoms with Crippen molar-refractivity contribution in [1.29, 1.82) is 0 Å². The van der Waals surface area contributed by atoms with E-state index in [1.54, 1.807) is 11.3 Å². The monoisotopic (exact) mass is 355 g/mol. The standard InChI is InChI=1S/C19H21N3O2S/c1-19(5-6-19)18(23)20-10-15-8-13-2-3-16(9-17(13)22-15)24-7-4-14-11-25-12-21-14/h2-3,8-9,11-12,22H,4-7,10H2,1H3,(H,20,23). The molecule has 0 radical (unpaired) electrons. The zero-order valence-corrected chi connectivity index (χ0v) is 15.0. The third-order valence-electron chi connectivity index (χ3n) is 4.75. The minimum atomic E-state index is -0.135. The molecular formula is C19H21N3O2S. The first-order valence-electron chi connectivity index (χ1n) is 8.52. The normalized spacial score (nSPS) is 15.2. The minimum absolute atomic E-state index is 0.135. The lowest BCUT2D eigenvalue weighted by Crippen LogP contribution is -2.29. The lowest BCUT2D eigenvalue weighted by Gasteiger charge is -2.08. The van der Waals surface area contributed by atoms with E-state index in [0.717, 1.165) is 47.3 Å². The van der Waals surface area contributed by atoms with Crippen molar-refractivity contribution in [3.05, 3.63) is 46.5 Å². The largest absolute Gasteiger partial charge is 0.493 e. The average Bonchev–Trinajstić information content (AvgIpc) is 3.02. The number of benzene rings is 1. The molecule has 130 valence electrons. The highest BCUT2D eigenvalue weighted by Crippen LogP contribution is 2.45. The molecule has 0 saturated heterocycles. The number of thiazole rings is 1. The van der Waals surface area contributed by atoms with Crippen molar-refractivity contribution in [1.82, 2.24) is 15.3 Å². The first-order valence-corrected chi connectivity index (χ1v) is 9.46. The first kappa shape index (κ1) is 16.1. The van der Waals surface area contributed by atoms with E-state index in [-0.39, 0.29) is 11.3 Å². The van der Waals surface area contributed by atoms with Gasteiger partial charge in [-0.15, -0.1) is 11.3 Å². The quantitative estimate of drug-likeness (QED) is 0.680. The predicted molar refractivity (Wildman–Crippen MR) is 98.8 cm³/mol. The second-order valence-corrected chi connectivity index (χ2v) is 7.58. The lowest BCUT2D eigenvalue weighted by molar-refractivity contribution is -0.125. The van der Waals surface area contributed by atoms with Gasteiger partial charge in [0.1, 0.15) is 5.75 Å². The van der Waals surface area contributed by atoms with Gasteiger partial charge in [-0.1, -0.05) is 6.92 Å². The van der Waals surface area contributed by atoms with Crippen LogP contribution in [0.15, 0.2) is 35.2 Å². The number of aromatic nitrogens is 2. The summed E-state index contributed by atoms with van der Waals surface area (Å²) in [6.45, 7) is 3.16. The van der Waals surface area contributed by atoms with Crippen LogP contribution in [0.25, 0.3) is 10.9 Å². The number of nitrogens with zero attached hydrogens (tertiary/aromatic N) is 1. The summed E-state index contributed by atoms with van der Waals surface area (Å²) in [7, 11) is 0. The number of H-pyrrole nitrogens is 1. The molecule has 1 aliphatic carbocycles. The summed E-state index contributed by atoms with van der Waals surface area (Å²) >= 11 is 1.60. The van der Waals surface area contributed by atoms with Crippen LogP contribution in [-0.4, -0.2) is 22.5 Å². The summed E-state index contributed by atoms with van der Waals surface area (Å²) in [5, 5.41) is 6.18. The van der Waals surface area contributed by atoms with Crippen molar-refractivity contribution in [3.8, 4) is 5.75 Å². The lowest BCUT2D eigenvalue weighted by atomic mass is 10.1. The van der Waals surface area contributed by atoms with E-state index in [1.165, 1.54) is 0 Å². The molecule has 5 nitrogen and oxygen atoms in total. The Hall–Kier alpha value is -2.34. The molecule has 1 aromatic carbocycles. The van der Waals surface area contributed by atoms with Crippen molar-refractivity contribution in [3.63, 3.8) is 0 Å². The molecule has 0 atom stereocenters. The van der Waals surface area contributed by atoms with Gasteiger partial charge in [-0.25, -0.2) is 4.98 Å². The molecule has 3 aromatic rings. The van der Waals surface area contributed by atoms with Crippen molar-refractivity contribution >= 4 is 28.1 Å². The number of rotatable bonds is 7. The van der Waals surface area contributed by atoms with Gasteiger partial charge in [-0.2, -0.15) is 0 Å². The third kappa shape index (κ3) is 3.69. The van der Waals surface area contributed by atoms with Gasteiger partial charge in [0.05, 0.1) is 24.4 Å². The van der Waals surface area contributed by atoms with Gasteiger partial charge in [0.15, 0.2) is 0 Å². The molecule has 0 spiro atoms. The molecule has 0 unspecified atom stereocenters. The van der Waals surface area contributed by atoms with Gasteiger partial charge in [0, 0.05) is 34.5 Å². The van der Waals surface area contributed by atoms with E-state index in [9.17, 15) is 4.79 Å². The number of fused-ring (bicyclic) bond motifs is 1. The number of carbonyl (C=O) groups is 1. The number of hydrogen-bond donors (Lipinski definition) is 2. The Bertz CT molecular complexity index is 881. The van der Waals surface area contributed by atoms with Crippen molar-refractivity contribution in [2.75, 3.05) is 6.61 Å². The molecule has 0 bridgehead atoms. The molecule has 1 saturated carbocycles. The van der Waals surface area contributed by atoms with E-state index in [0.29, 0.717) is 13.2 Å². The number of aromatic amines is 1. The SMILES string of the molecule is CC1(C(=O)NCc2cc3ccc(OCCc4cscn4)cc3[nH]2)CC1. The maximum Gasteiger partial charge on any atom is 0.226 e. The Kier molecular flexibility index (Phi) is 4.21. The zero-order chi connectivity index (χ0) is 17.3. The van der Waals surface area contributed by atoms with Crippen LogP contribution in [0.5, 0.6) is 5.75 Å². The predicted octanol–water partition coefficient (Wildman–Crippen LogP) is 3.66. The summed E-state index contributed by atoms with van der Waals surface area (Å²) in [6, 6.07) is 8.09. The fraction of sp³-hybridized carbons (Fsp3) is 0.368. The Labute approximate surface area is 150 Å². The molecule has 1 fully saturated rings. The van der Waals surface area contributed by atoms with Crippen LogP contribution in [0.2, 0.25) is 0 Å². The molecule has 4 rings (SSSR count). The third-order valence-corrected chi connectivity index (χ3v) is 5.38. The zero-order valence-electron chi connectivity index (χ0n) is 14.2. The summed E-state index contributed by atoms with van der Waals surface area (Å²) < 4.78 is 5.82. The molecule has 2 heterocycles. The average molecular weight is 355 g/mol. The van der Waals surface area contributed by atoms with Crippen LogP contribution in [0, 0.1) is 5.41 Å².